The molecule has 0 saturated heterocycles. The van der Waals surface area contributed by atoms with Gasteiger partial charge < -0.3 is 5.32 Å². The Balaban J connectivity index is 1.83. The van der Waals surface area contributed by atoms with Crippen LogP contribution in [0.3, 0.4) is 0 Å². The predicted octanol–water partition coefficient (Wildman–Crippen LogP) is 4.60. The zero-order valence-electron chi connectivity index (χ0n) is 12.9. The molecule has 1 fully saturated rings. The lowest BCUT2D eigenvalue weighted by Gasteiger charge is -2.27. The van der Waals surface area contributed by atoms with Crippen LogP contribution in [-0.2, 0) is 4.79 Å². The highest BCUT2D eigenvalue weighted by Gasteiger charge is 2.25. The zero-order valence-corrected chi connectivity index (χ0v) is 12.9. The summed E-state index contributed by atoms with van der Waals surface area (Å²) < 4.78 is 0. The second kappa shape index (κ2) is 7.88. The number of unbranched alkanes of at least 4 members (excludes halogenated alkanes) is 1. The van der Waals surface area contributed by atoms with Crippen molar-refractivity contribution in [2.45, 2.75) is 51.9 Å². The molecule has 1 N–H and O–H groups in total. The molecule has 1 amide bonds. The second-order valence-electron chi connectivity index (χ2n) is 6.07. The van der Waals surface area contributed by atoms with E-state index in [1.165, 1.54) is 32.1 Å². The minimum Gasteiger partial charge on any atom is -0.326 e. The van der Waals surface area contributed by atoms with Crippen LogP contribution in [0.1, 0.15) is 57.4 Å². The van der Waals surface area contributed by atoms with Gasteiger partial charge in [-0.3, -0.25) is 4.79 Å². The summed E-state index contributed by atoms with van der Waals surface area (Å²) in [6.07, 6.45) is 13.7. The highest BCUT2D eigenvalue weighted by Crippen LogP contribution is 2.32. The van der Waals surface area contributed by atoms with Crippen LogP contribution in [0.4, 0.5) is 5.69 Å². The van der Waals surface area contributed by atoms with Crippen LogP contribution in [0.25, 0.3) is 0 Å². The Morgan fingerprint density at radius 2 is 2.10 bits per heavy atom. The maximum atomic E-state index is 12.3. The van der Waals surface area contributed by atoms with E-state index in [4.69, 9.17) is 6.42 Å². The van der Waals surface area contributed by atoms with Crippen LogP contribution in [0.5, 0.6) is 0 Å². The summed E-state index contributed by atoms with van der Waals surface area (Å²) in [6.45, 7) is 2.24. The van der Waals surface area contributed by atoms with Gasteiger partial charge in [0.2, 0.25) is 5.91 Å². The maximum Gasteiger partial charge on any atom is 0.227 e. The Kier molecular flexibility index (Phi) is 5.87. The Hall–Kier alpha value is -1.75. The van der Waals surface area contributed by atoms with Crippen LogP contribution < -0.4 is 5.32 Å². The molecular weight excluding hydrogens is 258 g/mol. The van der Waals surface area contributed by atoms with Gasteiger partial charge in [0, 0.05) is 17.2 Å². The summed E-state index contributed by atoms with van der Waals surface area (Å²) >= 11 is 0. The monoisotopic (exact) mass is 283 g/mol. The standard InChI is InChI=1S/C19H25NO/c1-3-5-7-16-10-12-17(13-11-16)19(21)20-18-9-6-8-15(4-2)14-18/h2,6,8-9,14,16-17H,3,5,7,10-13H2,1H3,(H,20,21). The highest BCUT2D eigenvalue weighted by atomic mass is 16.1. The smallest absolute Gasteiger partial charge is 0.227 e. The fraction of sp³-hybridized carbons (Fsp3) is 0.526. The quantitative estimate of drug-likeness (QED) is 0.786. The molecule has 21 heavy (non-hydrogen) atoms. The van der Waals surface area contributed by atoms with Crippen molar-refractivity contribution < 1.29 is 4.79 Å². The number of anilines is 1. The summed E-state index contributed by atoms with van der Waals surface area (Å²) in [5, 5.41) is 3.01. The van der Waals surface area contributed by atoms with E-state index in [1.807, 2.05) is 24.3 Å². The molecule has 0 heterocycles. The summed E-state index contributed by atoms with van der Waals surface area (Å²) in [6, 6.07) is 7.50. The fourth-order valence-electron chi connectivity index (χ4n) is 3.14. The number of terminal acetylenes is 1. The van der Waals surface area contributed by atoms with E-state index < -0.39 is 0 Å². The number of hydrogen-bond acceptors (Lipinski definition) is 1. The van der Waals surface area contributed by atoms with E-state index in [0.717, 1.165) is 30.0 Å². The van der Waals surface area contributed by atoms with Gasteiger partial charge in [-0.15, -0.1) is 6.42 Å². The molecule has 112 valence electrons. The Morgan fingerprint density at radius 3 is 2.76 bits per heavy atom. The van der Waals surface area contributed by atoms with E-state index in [-0.39, 0.29) is 11.8 Å². The summed E-state index contributed by atoms with van der Waals surface area (Å²) in [4.78, 5) is 12.3. The SMILES string of the molecule is C#Cc1cccc(NC(=O)C2CCC(CCCC)CC2)c1. The lowest BCUT2D eigenvalue weighted by molar-refractivity contribution is -0.121. The zero-order chi connectivity index (χ0) is 15.1. The van der Waals surface area contributed by atoms with E-state index >= 15 is 0 Å². The van der Waals surface area contributed by atoms with Crippen LogP contribution in [0, 0.1) is 24.2 Å². The first kappa shape index (κ1) is 15.6. The van der Waals surface area contributed by atoms with Gasteiger partial charge in [0.05, 0.1) is 0 Å². The minimum atomic E-state index is 0.151. The molecule has 1 aromatic rings. The van der Waals surface area contributed by atoms with Crippen LogP contribution in [-0.4, -0.2) is 5.91 Å². The van der Waals surface area contributed by atoms with Gasteiger partial charge in [0.1, 0.15) is 0 Å². The minimum absolute atomic E-state index is 0.151. The molecule has 2 nitrogen and oxygen atoms in total. The van der Waals surface area contributed by atoms with E-state index in [0.29, 0.717) is 0 Å². The third-order valence-corrected chi connectivity index (χ3v) is 4.48. The molecule has 1 aliphatic carbocycles. The molecule has 1 aliphatic rings. The topological polar surface area (TPSA) is 29.1 Å². The average molecular weight is 283 g/mol. The van der Waals surface area contributed by atoms with Gasteiger partial charge in [-0.2, -0.15) is 0 Å². The number of carbonyl (C=O) groups is 1. The summed E-state index contributed by atoms with van der Waals surface area (Å²) in [7, 11) is 0. The number of nitrogens with one attached hydrogen (secondary N) is 1. The summed E-state index contributed by atoms with van der Waals surface area (Å²) in [5.74, 6) is 3.74. The second-order valence-corrected chi connectivity index (χ2v) is 6.07. The number of carbonyl (C=O) groups excluding carboxylic acids is 1. The van der Waals surface area contributed by atoms with Crippen molar-refractivity contribution >= 4 is 11.6 Å². The Morgan fingerprint density at radius 1 is 1.33 bits per heavy atom. The van der Waals surface area contributed by atoms with Crippen molar-refractivity contribution in [1.82, 2.24) is 0 Å². The first-order chi connectivity index (χ1) is 10.2. The molecule has 0 bridgehead atoms. The molecule has 0 aliphatic heterocycles. The first-order valence-electron chi connectivity index (χ1n) is 8.10. The van der Waals surface area contributed by atoms with Gasteiger partial charge in [0.15, 0.2) is 0 Å². The third-order valence-electron chi connectivity index (χ3n) is 4.48. The molecule has 0 unspecified atom stereocenters. The van der Waals surface area contributed by atoms with Gasteiger partial charge in [-0.1, -0.05) is 38.2 Å². The van der Waals surface area contributed by atoms with Crippen molar-refractivity contribution in [3.63, 3.8) is 0 Å². The molecule has 2 rings (SSSR count). The summed E-state index contributed by atoms with van der Waals surface area (Å²) in [5.41, 5.74) is 1.61. The largest absolute Gasteiger partial charge is 0.326 e. The molecule has 2 heteroatoms. The number of amides is 1. The number of hydrogen-bond donors (Lipinski definition) is 1. The lowest BCUT2D eigenvalue weighted by atomic mass is 9.79. The number of benzene rings is 1. The average Bonchev–Trinajstić information content (AvgIpc) is 2.53. The van der Waals surface area contributed by atoms with Crippen molar-refractivity contribution in [2.75, 3.05) is 5.32 Å². The predicted molar refractivity (Wildman–Crippen MR) is 88.0 cm³/mol. The Bertz CT molecular complexity index is 507. The Labute approximate surface area is 128 Å². The number of rotatable bonds is 5. The third kappa shape index (κ3) is 4.63. The van der Waals surface area contributed by atoms with E-state index in [1.54, 1.807) is 0 Å². The van der Waals surface area contributed by atoms with Gasteiger partial charge in [0.25, 0.3) is 0 Å². The van der Waals surface area contributed by atoms with Crippen molar-refractivity contribution in [2.24, 2.45) is 11.8 Å². The fourth-order valence-corrected chi connectivity index (χ4v) is 3.14. The van der Waals surface area contributed by atoms with Crippen molar-refractivity contribution in [3.05, 3.63) is 29.8 Å². The molecule has 0 aromatic heterocycles. The molecule has 1 aromatic carbocycles. The first-order valence-corrected chi connectivity index (χ1v) is 8.10. The molecule has 0 atom stereocenters. The van der Waals surface area contributed by atoms with Crippen molar-refractivity contribution in [1.29, 1.82) is 0 Å². The van der Waals surface area contributed by atoms with Gasteiger partial charge in [-0.05, 0) is 49.8 Å². The highest BCUT2D eigenvalue weighted by molar-refractivity contribution is 5.92. The van der Waals surface area contributed by atoms with E-state index in [9.17, 15) is 4.79 Å². The molecule has 1 saturated carbocycles. The van der Waals surface area contributed by atoms with Crippen LogP contribution in [0.15, 0.2) is 24.3 Å². The van der Waals surface area contributed by atoms with Gasteiger partial charge in [-0.25, -0.2) is 0 Å². The normalized spacial score (nSPS) is 21.5. The molecule has 0 spiro atoms. The van der Waals surface area contributed by atoms with Crippen LogP contribution >= 0.6 is 0 Å². The lowest BCUT2D eigenvalue weighted by Crippen LogP contribution is -2.27. The van der Waals surface area contributed by atoms with Crippen molar-refractivity contribution in [3.8, 4) is 12.3 Å². The van der Waals surface area contributed by atoms with E-state index in [2.05, 4.69) is 18.2 Å². The molecule has 0 radical (unpaired) electrons. The molecular formula is C19H25NO. The van der Waals surface area contributed by atoms with Gasteiger partial charge >= 0.3 is 0 Å². The van der Waals surface area contributed by atoms with Crippen LogP contribution in [0.2, 0.25) is 0 Å². The maximum absolute atomic E-state index is 12.3.